The number of ether oxygens (including phenoxy) is 2. The van der Waals surface area contributed by atoms with Crippen LogP contribution in [0.25, 0.3) is 22.2 Å². The summed E-state index contributed by atoms with van der Waals surface area (Å²) in [4.78, 5) is 26.3. The van der Waals surface area contributed by atoms with Crippen LogP contribution in [-0.2, 0) is 25.4 Å². The van der Waals surface area contributed by atoms with Crippen molar-refractivity contribution in [2.45, 2.75) is 25.7 Å². The molecule has 33 heavy (non-hydrogen) atoms. The highest BCUT2D eigenvalue weighted by molar-refractivity contribution is 5.96. The Kier molecular flexibility index (Phi) is 4.90. The predicted molar refractivity (Wildman–Crippen MR) is 125 cm³/mol. The Morgan fingerprint density at radius 3 is 2.48 bits per heavy atom. The van der Waals surface area contributed by atoms with Gasteiger partial charge in [-0.25, -0.2) is 4.79 Å². The van der Waals surface area contributed by atoms with E-state index in [0.717, 1.165) is 27.1 Å². The summed E-state index contributed by atoms with van der Waals surface area (Å²) < 4.78 is 16.4. The normalized spacial score (nSPS) is 17.8. The van der Waals surface area contributed by atoms with Crippen LogP contribution in [0.4, 0.5) is 0 Å². The zero-order chi connectivity index (χ0) is 23.4. The Morgan fingerprint density at radius 1 is 1.06 bits per heavy atom. The van der Waals surface area contributed by atoms with Gasteiger partial charge in [0, 0.05) is 20.6 Å². The summed E-state index contributed by atoms with van der Waals surface area (Å²) in [6.07, 6.45) is -0.728. The highest BCUT2D eigenvalue weighted by Crippen LogP contribution is 2.43. The van der Waals surface area contributed by atoms with Crippen molar-refractivity contribution in [2.24, 2.45) is 14.1 Å². The fraction of sp³-hybridized carbons (Fsp3) is 0.280. The minimum absolute atomic E-state index is 0.0246. The third kappa shape index (κ3) is 3.09. The summed E-state index contributed by atoms with van der Waals surface area (Å²) in [5.41, 5.74) is 2.94. The van der Waals surface area contributed by atoms with Gasteiger partial charge in [-0.05, 0) is 30.2 Å². The summed E-state index contributed by atoms with van der Waals surface area (Å²) in [6, 6.07) is 14.8. The molecule has 1 aliphatic heterocycles. The minimum Gasteiger partial charge on any atom is -0.504 e. The molecule has 0 radical (unpaired) electrons. The first kappa shape index (κ1) is 21.1. The molecule has 0 saturated heterocycles. The van der Waals surface area contributed by atoms with Crippen molar-refractivity contribution in [1.29, 1.82) is 0 Å². The Labute approximate surface area is 189 Å². The number of benzene rings is 2. The molecule has 3 heterocycles. The van der Waals surface area contributed by atoms with E-state index in [1.165, 1.54) is 18.7 Å². The molecule has 0 fully saturated rings. The van der Waals surface area contributed by atoms with E-state index in [2.05, 4.69) is 4.57 Å². The SMILES string of the molecule is COc1cc([C@@H]2O[C@H](C)Cn3c(-c4ccccc4)c4c(=O)n(C)c(=O)n(C)c4c32)ccc1O. The largest absolute Gasteiger partial charge is 0.504 e. The lowest BCUT2D eigenvalue weighted by molar-refractivity contribution is -0.0143. The number of nitrogens with zero attached hydrogens (tertiary/aromatic N) is 3. The minimum atomic E-state index is -0.569. The molecule has 0 unspecified atom stereocenters. The van der Waals surface area contributed by atoms with Crippen LogP contribution in [-0.4, -0.2) is 32.0 Å². The first-order chi connectivity index (χ1) is 15.8. The molecule has 170 valence electrons. The number of phenolic OH excluding ortho intramolecular Hbond substituents is 1. The van der Waals surface area contributed by atoms with Gasteiger partial charge >= 0.3 is 5.69 Å². The summed E-state index contributed by atoms with van der Waals surface area (Å²) in [5.74, 6) is 0.349. The standard InChI is InChI=1S/C25H25N3O5/c1-14-13-28-20(15-8-6-5-7-9-15)19-21(26(2)25(31)27(3)24(19)30)22(28)23(33-14)16-10-11-17(29)18(12-16)32-4/h5-12,14,23,29H,13H2,1-4H3/t14-,23+/m1/s1. The lowest BCUT2D eigenvalue weighted by atomic mass is 10.0. The van der Waals surface area contributed by atoms with E-state index in [1.807, 2.05) is 37.3 Å². The van der Waals surface area contributed by atoms with Gasteiger partial charge in [0.2, 0.25) is 0 Å². The first-order valence-corrected chi connectivity index (χ1v) is 10.7. The van der Waals surface area contributed by atoms with Crippen LogP contribution >= 0.6 is 0 Å². The maximum absolute atomic E-state index is 13.4. The van der Waals surface area contributed by atoms with Crippen molar-refractivity contribution in [3.63, 3.8) is 0 Å². The van der Waals surface area contributed by atoms with Crippen LogP contribution in [0, 0.1) is 0 Å². The maximum Gasteiger partial charge on any atom is 0.331 e. The molecule has 5 rings (SSSR count). The van der Waals surface area contributed by atoms with Gasteiger partial charge in [-0.3, -0.25) is 13.9 Å². The van der Waals surface area contributed by atoms with Crippen molar-refractivity contribution in [3.8, 4) is 22.8 Å². The Morgan fingerprint density at radius 2 is 1.79 bits per heavy atom. The summed E-state index contributed by atoms with van der Waals surface area (Å²) in [5, 5.41) is 10.6. The lowest BCUT2D eigenvalue weighted by Crippen LogP contribution is -2.37. The molecule has 2 atom stereocenters. The van der Waals surface area contributed by atoms with Gasteiger partial charge in [-0.15, -0.1) is 0 Å². The highest BCUT2D eigenvalue weighted by Gasteiger charge is 2.35. The Hall–Kier alpha value is -3.78. The zero-order valence-corrected chi connectivity index (χ0v) is 18.9. The van der Waals surface area contributed by atoms with E-state index in [4.69, 9.17) is 9.47 Å². The van der Waals surface area contributed by atoms with Gasteiger partial charge in [0.1, 0.15) is 6.10 Å². The maximum atomic E-state index is 13.4. The topological polar surface area (TPSA) is 87.6 Å². The number of aryl methyl sites for hydroxylation is 1. The van der Waals surface area contributed by atoms with Crippen molar-refractivity contribution in [3.05, 3.63) is 80.6 Å². The molecule has 2 aromatic carbocycles. The second-order valence-electron chi connectivity index (χ2n) is 8.40. The van der Waals surface area contributed by atoms with Crippen molar-refractivity contribution in [1.82, 2.24) is 13.7 Å². The number of fused-ring (bicyclic) bond motifs is 3. The van der Waals surface area contributed by atoms with Gasteiger partial charge < -0.3 is 19.1 Å². The number of rotatable bonds is 3. The zero-order valence-electron chi connectivity index (χ0n) is 18.9. The van der Waals surface area contributed by atoms with Crippen LogP contribution in [0.15, 0.2) is 58.1 Å². The smallest absolute Gasteiger partial charge is 0.331 e. The number of aromatic hydroxyl groups is 1. The second kappa shape index (κ2) is 7.67. The van der Waals surface area contributed by atoms with E-state index < -0.39 is 11.8 Å². The second-order valence-corrected chi connectivity index (χ2v) is 8.40. The van der Waals surface area contributed by atoms with E-state index in [9.17, 15) is 14.7 Å². The lowest BCUT2D eigenvalue weighted by Gasteiger charge is -2.32. The van der Waals surface area contributed by atoms with Crippen LogP contribution in [0.1, 0.15) is 24.3 Å². The van der Waals surface area contributed by atoms with Gasteiger partial charge in [0.15, 0.2) is 11.5 Å². The van der Waals surface area contributed by atoms with Gasteiger partial charge in [0.25, 0.3) is 5.56 Å². The molecule has 0 bridgehead atoms. The number of hydrogen-bond donors (Lipinski definition) is 1. The molecule has 8 heteroatoms. The average Bonchev–Trinajstić information content (AvgIpc) is 3.16. The quantitative estimate of drug-likeness (QED) is 0.522. The van der Waals surface area contributed by atoms with Gasteiger partial charge in [0.05, 0.1) is 35.5 Å². The molecule has 0 aliphatic carbocycles. The molecule has 4 aromatic rings. The first-order valence-electron chi connectivity index (χ1n) is 10.7. The van der Waals surface area contributed by atoms with Gasteiger partial charge in [-0.2, -0.15) is 0 Å². The molecule has 8 nitrogen and oxygen atoms in total. The molecular weight excluding hydrogens is 422 g/mol. The molecule has 0 amide bonds. The van der Waals surface area contributed by atoms with E-state index in [-0.39, 0.29) is 17.4 Å². The summed E-state index contributed by atoms with van der Waals surface area (Å²) in [6.45, 7) is 2.50. The predicted octanol–water partition coefficient (Wildman–Crippen LogP) is 2.93. The molecule has 2 aromatic heterocycles. The number of aromatic nitrogens is 3. The van der Waals surface area contributed by atoms with Crippen molar-refractivity contribution >= 4 is 10.9 Å². The number of hydrogen-bond acceptors (Lipinski definition) is 5. The Balaban J connectivity index is 1.93. The van der Waals surface area contributed by atoms with Crippen LogP contribution < -0.4 is 16.0 Å². The number of phenols is 1. The van der Waals surface area contributed by atoms with Crippen LogP contribution in [0.5, 0.6) is 11.5 Å². The molecular formula is C25H25N3O5. The summed E-state index contributed by atoms with van der Waals surface area (Å²) >= 11 is 0. The van der Waals surface area contributed by atoms with E-state index in [1.54, 1.807) is 25.2 Å². The fourth-order valence-electron chi connectivity index (χ4n) is 4.78. The van der Waals surface area contributed by atoms with E-state index in [0.29, 0.717) is 23.2 Å². The molecule has 1 N–H and O–H groups in total. The van der Waals surface area contributed by atoms with E-state index >= 15 is 0 Å². The average molecular weight is 447 g/mol. The van der Waals surface area contributed by atoms with Crippen LogP contribution in [0.3, 0.4) is 0 Å². The fourth-order valence-corrected chi connectivity index (χ4v) is 4.78. The summed E-state index contributed by atoms with van der Waals surface area (Å²) in [7, 11) is 4.66. The third-order valence-electron chi connectivity index (χ3n) is 6.31. The molecule has 0 spiro atoms. The van der Waals surface area contributed by atoms with Crippen LogP contribution in [0.2, 0.25) is 0 Å². The number of methoxy groups -OCH3 is 1. The van der Waals surface area contributed by atoms with Crippen molar-refractivity contribution in [2.75, 3.05) is 7.11 Å². The van der Waals surface area contributed by atoms with Gasteiger partial charge in [-0.1, -0.05) is 36.4 Å². The molecule has 1 aliphatic rings. The Bertz CT molecular complexity index is 1500. The monoisotopic (exact) mass is 447 g/mol. The van der Waals surface area contributed by atoms with Crippen molar-refractivity contribution < 1.29 is 14.6 Å². The highest BCUT2D eigenvalue weighted by atomic mass is 16.5. The molecule has 0 saturated carbocycles. The third-order valence-corrected chi connectivity index (χ3v) is 6.31.